The van der Waals surface area contributed by atoms with Crippen LogP contribution in [0.5, 0.6) is 0 Å². The highest BCUT2D eigenvalue weighted by molar-refractivity contribution is 5.79. The van der Waals surface area contributed by atoms with Gasteiger partial charge in [0.2, 0.25) is 0 Å². The lowest BCUT2D eigenvalue weighted by molar-refractivity contribution is -0.00000624. The van der Waals surface area contributed by atoms with Crippen molar-refractivity contribution in [3.8, 4) is 0 Å². The number of imidazole rings is 1. The third-order valence-corrected chi connectivity index (χ3v) is 4.42. The van der Waals surface area contributed by atoms with Gasteiger partial charge in [-0.1, -0.05) is 0 Å². The van der Waals surface area contributed by atoms with Crippen LogP contribution >= 0.6 is 0 Å². The normalized spacial score (nSPS) is 14.6. The van der Waals surface area contributed by atoms with E-state index >= 15 is 0 Å². The molecule has 2 aromatic rings. The Morgan fingerprint density at radius 3 is 2.60 bits per heavy atom. The molecule has 1 N–H and O–H groups in total. The molecule has 10 heteroatoms. The van der Waals surface area contributed by atoms with E-state index in [9.17, 15) is 9.59 Å². The first-order valence-electron chi connectivity index (χ1n) is 8.01. The maximum absolute atomic E-state index is 12.4. The number of fused-ring (bicyclic) bond motifs is 1. The predicted octanol–water partition coefficient (Wildman–Crippen LogP) is -3.47. The second kappa shape index (κ2) is 7.83. The molecule has 0 unspecified atom stereocenters. The number of aryl methyl sites for hydroxylation is 2. The largest absolute Gasteiger partial charge is 1.00 e. The molecule has 0 bridgehead atoms. The van der Waals surface area contributed by atoms with Crippen LogP contribution in [0.15, 0.2) is 15.9 Å². The number of nitrogens with one attached hydrogen (secondary N) is 1. The zero-order chi connectivity index (χ0) is 17.3. The zero-order valence-corrected chi connectivity index (χ0v) is 15.1. The summed E-state index contributed by atoms with van der Waals surface area (Å²) in [5, 5.41) is 8.15. The van der Waals surface area contributed by atoms with Crippen LogP contribution in [0.3, 0.4) is 0 Å². The van der Waals surface area contributed by atoms with Gasteiger partial charge in [0.05, 0.1) is 25.4 Å². The van der Waals surface area contributed by atoms with E-state index in [1.807, 2.05) is 4.90 Å². The number of ether oxygens (including phenoxy) is 1. The molecule has 0 aliphatic carbocycles. The summed E-state index contributed by atoms with van der Waals surface area (Å²) in [4.78, 5) is 30.5. The molecule has 138 valence electrons. The molecule has 0 aromatic carbocycles. The van der Waals surface area contributed by atoms with Crippen molar-refractivity contribution < 1.29 is 17.1 Å². The van der Waals surface area contributed by atoms with E-state index in [2.05, 4.69) is 4.98 Å². The van der Waals surface area contributed by atoms with E-state index in [0.29, 0.717) is 43.2 Å². The standard InChI is InChI=1S/C15H22N6O3.ClH/c1-18-13-12(14(22)19(2)15(18)23)21(10-17-13)5-3-4-11(16)20-6-8-24-9-7-20;/h10,16H,3-9H2,1-2H3;1H/p-1. The van der Waals surface area contributed by atoms with Gasteiger partial charge in [0.1, 0.15) is 0 Å². The van der Waals surface area contributed by atoms with Crippen LogP contribution in [0.25, 0.3) is 11.2 Å². The van der Waals surface area contributed by atoms with Crippen molar-refractivity contribution >= 4 is 17.0 Å². The highest BCUT2D eigenvalue weighted by Gasteiger charge is 2.16. The molecule has 0 amide bonds. The minimum Gasteiger partial charge on any atom is -1.00 e. The van der Waals surface area contributed by atoms with Crippen LogP contribution in [0, 0.1) is 5.41 Å². The first kappa shape index (κ1) is 19.2. The molecule has 0 atom stereocenters. The third kappa shape index (κ3) is 3.62. The number of amidine groups is 1. The third-order valence-electron chi connectivity index (χ3n) is 4.42. The number of nitrogens with zero attached hydrogens (tertiary/aromatic N) is 5. The fourth-order valence-electron chi connectivity index (χ4n) is 2.97. The Balaban J connectivity index is 0.00000225. The Bertz CT molecular complexity index is 878. The number of rotatable bonds is 4. The van der Waals surface area contributed by atoms with Gasteiger partial charge >= 0.3 is 5.69 Å². The molecule has 3 heterocycles. The van der Waals surface area contributed by atoms with Crippen LogP contribution < -0.4 is 23.7 Å². The van der Waals surface area contributed by atoms with E-state index in [1.165, 1.54) is 11.6 Å². The molecule has 3 rings (SSSR count). The van der Waals surface area contributed by atoms with Crippen molar-refractivity contribution in [2.45, 2.75) is 19.4 Å². The maximum atomic E-state index is 12.4. The number of aromatic nitrogens is 4. The summed E-state index contributed by atoms with van der Waals surface area (Å²) in [7, 11) is 3.07. The first-order valence-corrected chi connectivity index (χ1v) is 8.01. The van der Waals surface area contributed by atoms with Crippen LogP contribution in [-0.4, -0.2) is 55.7 Å². The van der Waals surface area contributed by atoms with Crippen molar-refractivity contribution in [3.63, 3.8) is 0 Å². The molecular weight excluding hydrogens is 348 g/mol. The summed E-state index contributed by atoms with van der Waals surface area (Å²) < 4.78 is 9.53. The predicted molar refractivity (Wildman–Crippen MR) is 89.6 cm³/mol. The Labute approximate surface area is 150 Å². The summed E-state index contributed by atoms with van der Waals surface area (Å²) in [5.74, 6) is 0.600. The van der Waals surface area contributed by atoms with Crippen molar-refractivity contribution in [1.29, 1.82) is 5.41 Å². The average molecular weight is 370 g/mol. The first-order chi connectivity index (χ1) is 11.5. The number of halogens is 1. The van der Waals surface area contributed by atoms with E-state index in [0.717, 1.165) is 24.1 Å². The lowest BCUT2D eigenvalue weighted by Crippen LogP contribution is -3.00. The SMILES string of the molecule is Cn1c(=O)c2c(ncn2CCCC(=N)N2CCOCC2)n(C)c1=O.[Cl-]. The molecule has 2 aromatic heterocycles. The minimum absolute atomic E-state index is 0. The summed E-state index contributed by atoms with van der Waals surface area (Å²) in [6.07, 6.45) is 2.95. The van der Waals surface area contributed by atoms with Gasteiger partial charge in [0, 0.05) is 40.2 Å². The molecule has 0 spiro atoms. The maximum Gasteiger partial charge on any atom is 0.332 e. The fraction of sp³-hybridized carbons (Fsp3) is 0.600. The molecule has 25 heavy (non-hydrogen) atoms. The average Bonchev–Trinajstić information content (AvgIpc) is 3.03. The van der Waals surface area contributed by atoms with Gasteiger partial charge in [0.15, 0.2) is 11.2 Å². The second-order valence-corrected chi connectivity index (χ2v) is 5.97. The topological polar surface area (TPSA) is 98.1 Å². The van der Waals surface area contributed by atoms with Crippen LogP contribution in [0.1, 0.15) is 12.8 Å². The highest BCUT2D eigenvalue weighted by atomic mass is 35.5. The molecule has 1 fully saturated rings. The van der Waals surface area contributed by atoms with Crippen LogP contribution in [0.4, 0.5) is 0 Å². The number of hydrogen-bond acceptors (Lipinski definition) is 5. The summed E-state index contributed by atoms with van der Waals surface area (Å²) in [5.41, 5.74) is 0.101. The lowest BCUT2D eigenvalue weighted by Gasteiger charge is -2.29. The second-order valence-electron chi connectivity index (χ2n) is 5.97. The number of morpholine rings is 1. The smallest absolute Gasteiger partial charge is 0.332 e. The Hall–Kier alpha value is -2.13. The molecule has 1 saturated heterocycles. The van der Waals surface area contributed by atoms with Crippen molar-refractivity contribution in [1.82, 2.24) is 23.6 Å². The Kier molecular flexibility index (Phi) is 6.02. The quantitative estimate of drug-likeness (QED) is 0.446. The van der Waals surface area contributed by atoms with Gasteiger partial charge < -0.3 is 26.6 Å². The van der Waals surface area contributed by atoms with E-state index in [-0.39, 0.29) is 23.7 Å². The van der Waals surface area contributed by atoms with Crippen LogP contribution in [0.2, 0.25) is 0 Å². The van der Waals surface area contributed by atoms with Crippen LogP contribution in [-0.2, 0) is 25.4 Å². The molecule has 9 nitrogen and oxygen atoms in total. The Morgan fingerprint density at radius 2 is 1.92 bits per heavy atom. The van der Waals surface area contributed by atoms with Crippen molar-refractivity contribution in [3.05, 3.63) is 27.2 Å². The summed E-state index contributed by atoms with van der Waals surface area (Å²) in [6.45, 7) is 3.43. The van der Waals surface area contributed by atoms with E-state index in [4.69, 9.17) is 10.1 Å². The van der Waals surface area contributed by atoms with Gasteiger partial charge in [-0.2, -0.15) is 0 Å². The van der Waals surface area contributed by atoms with Crippen molar-refractivity contribution in [2.24, 2.45) is 14.1 Å². The van der Waals surface area contributed by atoms with Gasteiger partial charge in [-0.15, -0.1) is 0 Å². The van der Waals surface area contributed by atoms with Gasteiger partial charge in [-0.25, -0.2) is 9.78 Å². The van der Waals surface area contributed by atoms with Crippen molar-refractivity contribution in [2.75, 3.05) is 26.3 Å². The zero-order valence-electron chi connectivity index (χ0n) is 14.4. The molecule has 0 radical (unpaired) electrons. The molecule has 1 aliphatic rings. The molecule has 0 saturated carbocycles. The molecule has 1 aliphatic heterocycles. The fourth-order valence-corrected chi connectivity index (χ4v) is 2.97. The van der Waals surface area contributed by atoms with E-state index in [1.54, 1.807) is 17.9 Å². The van der Waals surface area contributed by atoms with Gasteiger partial charge in [-0.05, 0) is 6.42 Å². The summed E-state index contributed by atoms with van der Waals surface area (Å²) in [6, 6.07) is 0. The minimum atomic E-state index is -0.383. The summed E-state index contributed by atoms with van der Waals surface area (Å²) >= 11 is 0. The number of hydrogen-bond donors (Lipinski definition) is 1. The monoisotopic (exact) mass is 369 g/mol. The van der Waals surface area contributed by atoms with Gasteiger partial charge in [0.25, 0.3) is 5.56 Å². The highest BCUT2D eigenvalue weighted by Crippen LogP contribution is 2.09. The van der Waals surface area contributed by atoms with Gasteiger partial charge in [-0.3, -0.25) is 19.3 Å². The Morgan fingerprint density at radius 1 is 1.24 bits per heavy atom. The molecular formula is C15H22ClN6O3-. The van der Waals surface area contributed by atoms with E-state index < -0.39 is 0 Å². The lowest BCUT2D eigenvalue weighted by atomic mass is 10.2.